The number of carbonyl (C=O) groups excluding carboxylic acids is 1. The van der Waals surface area contributed by atoms with Gasteiger partial charge < -0.3 is 14.6 Å². The van der Waals surface area contributed by atoms with Crippen LogP contribution in [0, 0.1) is 12.8 Å². The number of pyridine rings is 1. The topological polar surface area (TPSA) is 75.4 Å². The normalized spacial score (nSPS) is 15.3. The summed E-state index contributed by atoms with van der Waals surface area (Å²) in [6, 6.07) is 5.84. The summed E-state index contributed by atoms with van der Waals surface area (Å²) in [6.07, 6.45) is 9.07. The maximum absolute atomic E-state index is 12.5. The minimum atomic E-state index is 0.0359. The average molecular weight is 350 g/mol. The summed E-state index contributed by atoms with van der Waals surface area (Å²) in [4.78, 5) is 27.8. The van der Waals surface area contributed by atoms with Gasteiger partial charge in [0.1, 0.15) is 5.65 Å². The van der Waals surface area contributed by atoms with Crippen molar-refractivity contribution in [2.24, 2.45) is 5.92 Å². The Morgan fingerprint density at radius 2 is 2.00 bits per heavy atom. The van der Waals surface area contributed by atoms with E-state index < -0.39 is 0 Å². The number of hydrogen-bond donors (Lipinski definition) is 1. The number of anilines is 1. The van der Waals surface area contributed by atoms with Crippen molar-refractivity contribution in [2.45, 2.75) is 26.3 Å². The molecule has 7 heteroatoms. The number of hydrogen-bond acceptors (Lipinski definition) is 5. The largest absolute Gasteiger partial charge is 0.350 e. The zero-order valence-electron chi connectivity index (χ0n) is 14.8. The van der Waals surface area contributed by atoms with Gasteiger partial charge in [-0.15, -0.1) is 0 Å². The van der Waals surface area contributed by atoms with E-state index in [9.17, 15) is 4.79 Å². The zero-order chi connectivity index (χ0) is 17.9. The van der Waals surface area contributed by atoms with Crippen molar-refractivity contribution in [1.29, 1.82) is 0 Å². The van der Waals surface area contributed by atoms with Crippen LogP contribution in [0.3, 0.4) is 0 Å². The lowest BCUT2D eigenvalue weighted by Crippen LogP contribution is -2.41. The van der Waals surface area contributed by atoms with Crippen molar-refractivity contribution in [2.75, 3.05) is 18.0 Å². The summed E-state index contributed by atoms with van der Waals surface area (Å²) in [7, 11) is 0. The van der Waals surface area contributed by atoms with Crippen molar-refractivity contribution in [3.8, 4) is 0 Å². The molecule has 0 spiro atoms. The first-order valence-corrected chi connectivity index (χ1v) is 8.93. The van der Waals surface area contributed by atoms with Crippen LogP contribution in [0.5, 0.6) is 0 Å². The van der Waals surface area contributed by atoms with Gasteiger partial charge in [0.15, 0.2) is 0 Å². The van der Waals surface area contributed by atoms with E-state index >= 15 is 0 Å². The summed E-state index contributed by atoms with van der Waals surface area (Å²) < 4.78 is 2.00. The fraction of sp³-hybridized carbons (Fsp3) is 0.368. The first-order valence-electron chi connectivity index (χ1n) is 8.93. The van der Waals surface area contributed by atoms with Gasteiger partial charge in [0.05, 0.1) is 12.2 Å². The van der Waals surface area contributed by atoms with Gasteiger partial charge in [-0.05, 0) is 37.5 Å². The van der Waals surface area contributed by atoms with Crippen LogP contribution in [0.2, 0.25) is 0 Å². The molecule has 0 unspecified atom stereocenters. The Kier molecular flexibility index (Phi) is 4.51. The molecule has 1 N–H and O–H groups in total. The van der Waals surface area contributed by atoms with Crippen LogP contribution in [0.25, 0.3) is 5.65 Å². The van der Waals surface area contributed by atoms with Gasteiger partial charge in [-0.3, -0.25) is 4.79 Å². The van der Waals surface area contributed by atoms with Gasteiger partial charge in [-0.1, -0.05) is 6.07 Å². The van der Waals surface area contributed by atoms with Crippen molar-refractivity contribution >= 4 is 17.5 Å². The molecular weight excluding hydrogens is 328 g/mol. The monoisotopic (exact) mass is 350 g/mol. The van der Waals surface area contributed by atoms with Crippen molar-refractivity contribution < 1.29 is 4.79 Å². The smallest absolute Gasteiger partial charge is 0.225 e. The van der Waals surface area contributed by atoms with E-state index in [0.717, 1.165) is 48.8 Å². The fourth-order valence-corrected chi connectivity index (χ4v) is 3.41. The quantitative estimate of drug-likeness (QED) is 0.778. The highest BCUT2D eigenvalue weighted by Gasteiger charge is 2.26. The van der Waals surface area contributed by atoms with Crippen LogP contribution in [0.1, 0.15) is 24.1 Å². The van der Waals surface area contributed by atoms with E-state index in [1.165, 1.54) is 0 Å². The number of nitrogens with one attached hydrogen (secondary N) is 1. The molecule has 4 heterocycles. The maximum Gasteiger partial charge on any atom is 0.225 e. The minimum Gasteiger partial charge on any atom is -0.350 e. The van der Waals surface area contributed by atoms with Crippen LogP contribution in [0.4, 0.5) is 5.95 Å². The average Bonchev–Trinajstić information content (AvgIpc) is 3.11. The number of imidazole rings is 1. The third-order valence-corrected chi connectivity index (χ3v) is 4.87. The van der Waals surface area contributed by atoms with Gasteiger partial charge in [0, 0.05) is 43.8 Å². The molecule has 1 aliphatic rings. The molecule has 0 bridgehead atoms. The SMILES string of the molecule is Cc1cccn2cc(CNC(=O)C3CCN(c4ncccn4)CC3)nc12. The molecule has 1 saturated heterocycles. The first-order chi connectivity index (χ1) is 12.7. The van der Waals surface area contributed by atoms with E-state index in [1.807, 2.05) is 41.9 Å². The molecule has 7 nitrogen and oxygen atoms in total. The molecule has 1 fully saturated rings. The lowest BCUT2D eigenvalue weighted by Gasteiger charge is -2.31. The second-order valence-corrected chi connectivity index (χ2v) is 6.68. The molecule has 3 aromatic heterocycles. The number of fused-ring (bicyclic) bond motifs is 1. The van der Waals surface area contributed by atoms with Crippen LogP contribution < -0.4 is 10.2 Å². The molecule has 1 amide bonds. The molecule has 26 heavy (non-hydrogen) atoms. The van der Waals surface area contributed by atoms with E-state index in [-0.39, 0.29) is 11.8 Å². The molecule has 3 aromatic rings. The Bertz CT molecular complexity index is 899. The molecule has 134 valence electrons. The zero-order valence-corrected chi connectivity index (χ0v) is 14.8. The Morgan fingerprint density at radius 3 is 2.73 bits per heavy atom. The second-order valence-electron chi connectivity index (χ2n) is 6.68. The predicted octanol–water partition coefficient (Wildman–Crippen LogP) is 1.97. The van der Waals surface area contributed by atoms with Crippen LogP contribution in [-0.2, 0) is 11.3 Å². The number of aromatic nitrogens is 4. The molecular formula is C19H22N6O. The highest BCUT2D eigenvalue weighted by Crippen LogP contribution is 2.20. The van der Waals surface area contributed by atoms with Crippen molar-refractivity contribution in [3.63, 3.8) is 0 Å². The van der Waals surface area contributed by atoms with Gasteiger partial charge in [-0.2, -0.15) is 0 Å². The number of piperidine rings is 1. The molecule has 0 aliphatic carbocycles. The van der Waals surface area contributed by atoms with Gasteiger partial charge >= 0.3 is 0 Å². The molecule has 0 radical (unpaired) electrons. The standard InChI is InChI=1S/C19H22N6O/c1-14-4-2-9-25-13-16(23-17(14)25)12-22-18(26)15-5-10-24(11-6-15)19-20-7-3-8-21-19/h2-4,7-9,13,15H,5-6,10-12H2,1H3,(H,22,26). The molecule has 4 rings (SSSR count). The Balaban J connectivity index is 1.32. The molecule has 1 aliphatic heterocycles. The molecule has 0 aromatic carbocycles. The molecule has 0 atom stereocenters. The second kappa shape index (κ2) is 7.11. The van der Waals surface area contributed by atoms with Crippen molar-refractivity contribution in [3.05, 3.63) is 54.2 Å². The van der Waals surface area contributed by atoms with E-state index in [1.54, 1.807) is 12.4 Å². The van der Waals surface area contributed by atoms with E-state index in [0.29, 0.717) is 6.54 Å². The summed E-state index contributed by atoms with van der Waals surface area (Å²) in [5.74, 6) is 0.882. The first kappa shape index (κ1) is 16.5. The number of nitrogens with zero attached hydrogens (tertiary/aromatic N) is 5. The summed E-state index contributed by atoms with van der Waals surface area (Å²) in [5.41, 5.74) is 2.94. The highest BCUT2D eigenvalue weighted by atomic mass is 16.1. The van der Waals surface area contributed by atoms with Crippen molar-refractivity contribution in [1.82, 2.24) is 24.7 Å². The van der Waals surface area contributed by atoms with Gasteiger partial charge in [-0.25, -0.2) is 15.0 Å². The van der Waals surface area contributed by atoms with E-state index in [4.69, 9.17) is 0 Å². The summed E-state index contributed by atoms with van der Waals surface area (Å²) >= 11 is 0. The Morgan fingerprint density at radius 1 is 1.23 bits per heavy atom. The summed E-state index contributed by atoms with van der Waals surface area (Å²) in [5, 5.41) is 3.04. The lowest BCUT2D eigenvalue weighted by atomic mass is 9.96. The third kappa shape index (κ3) is 3.37. The minimum absolute atomic E-state index is 0.0359. The maximum atomic E-state index is 12.5. The molecule has 0 saturated carbocycles. The highest BCUT2D eigenvalue weighted by molar-refractivity contribution is 5.78. The number of amides is 1. The van der Waals surface area contributed by atoms with Crippen LogP contribution in [0.15, 0.2) is 43.0 Å². The number of carbonyl (C=O) groups is 1. The van der Waals surface area contributed by atoms with E-state index in [2.05, 4.69) is 25.2 Å². The van der Waals surface area contributed by atoms with Crippen LogP contribution >= 0.6 is 0 Å². The lowest BCUT2D eigenvalue weighted by molar-refractivity contribution is -0.125. The van der Waals surface area contributed by atoms with Gasteiger partial charge in [0.2, 0.25) is 11.9 Å². The Hall–Kier alpha value is -2.96. The number of rotatable bonds is 4. The summed E-state index contributed by atoms with van der Waals surface area (Å²) in [6.45, 7) is 4.10. The predicted molar refractivity (Wildman–Crippen MR) is 98.7 cm³/mol. The van der Waals surface area contributed by atoms with Gasteiger partial charge in [0.25, 0.3) is 0 Å². The fourth-order valence-electron chi connectivity index (χ4n) is 3.41. The third-order valence-electron chi connectivity index (χ3n) is 4.87. The Labute approximate surface area is 152 Å². The number of aryl methyl sites for hydroxylation is 1. The van der Waals surface area contributed by atoms with Crippen LogP contribution in [-0.4, -0.2) is 38.3 Å².